The maximum atomic E-state index is 12.1. The summed E-state index contributed by atoms with van der Waals surface area (Å²) in [5, 5.41) is 2.91. The summed E-state index contributed by atoms with van der Waals surface area (Å²) < 4.78 is 0. The second kappa shape index (κ2) is 8.07. The van der Waals surface area contributed by atoms with E-state index >= 15 is 0 Å². The van der Waals surface area contributed by atoms with Crippen molar-refractivity contribution in [1.29, 1.82) is 0 Å². The molecule has 0 spiro atoms. The highest BCUT2D eigenvalue weighted by Crippen LogP contribution is 2.26. The lowest BCUT2D eigenvalue weighted by molar-refractivity contribution is -0.122. The van der Waals surface area contributed by atoms with Crippen LogP contribution in [0.15, 0.2) is 41.2 Å². The largest absolute Gasteiger partial charge is 0.355 e. The van der Waals surface area contributed by atoms with Gasteiger partial charge in [0.05, 0.1) is 6.54 Å². The predicted octanol–water partition coefficient (Wildman–Crippen LogP) is 1.23. The third kappa shape index (κ3) is 5.00. The highest BCUT2D eigenvalue weighted by Gasteiger charge is 2.24. The number of hydrogen-bond donors (Lipinski definition) is 2. The summed E-state index contributed by atoms with van der Waals surface area (Å²) in [6, 6.07) is 11.9. The zero-order chi connectivity index (χ0) is 17.6. The maximum Gasteiger partial charge on any atom is 0.251 e. The summed E-state index contributed by atoms with van der Waals surface area (Å²) in [6.45, 7) is 4.54. The lowest BCUT2D eigenvalue weighted by atomic mass is 9.99. The zero-order valence-electron chi connectivity index (χ0n) is 14.5. The number of amides is 1. The fourth-order valence-corrected chi connectivity index (χ4v) is 3.31. The molecule has 2 heterocycles. The fourth-order valence-electron chi connectivity index (χ4n) is 3.31. The minimum Gasteiger partial charge on any atom is -0.355 e. The summed E-state index contributed by atoms with van der Waals surface area (Å²) in [6.07, 6.45) is 1.61. The minimum atomic E-state index is -0.155. The van der Waals surface area contributed by atoms with Gasteiger partial charge in [-0.3, -0.25) is 14.5 Å². The molecule has 0 aliphatic carbocycles. The summed E-state index contributed by atoms with van der Waals surface area (Å²) in [4.78, 5) is 32.7. The number of likely N-dealkylation sites (tertiary alicyclic amines) is 1. The molecule has 1 aliphatic heterocycles. The molecule has 25 heavy (non-hydrogen) atoms. The monoisotopic (exact) mass is 340 g/mol. The Bertz CT molecular complexity index is 772. The average molecular weight is 340 g/mol. The lowest BCUT2D eigenvalue weighted by Crippen LogP contribution is -2.37. The van der Waals surface area contributed by atoms with E-state index in [1.165, 1.54) is 11.6 Å². The normalized spacial score (nSPS) is 17.6. The topological polar surface area (TPSA) is 78.1 Å². The summed E-state index contributed by atoms with van der Waals surface area (Å²) in [5.41, 5.74) is 1.88. The molecule has 2 N–H and O–H groups in total. The van der Waals surface area contributed by atoms with Crippen LogP contribution in [0.2, 0.25) is 0 Å². The van der Waals surface area contributed by atoms with E-state index in [4.69, 9.17) is 0 Å². The van der Waals surface area contributed by atoms with Crippen LogP contribution >= 0.6 is 0 Å². The number of aromatic nitrogens is 2. The van der Waals surface area contributed by atoms with Gasteiger partial charge in [0.15, 0.2) is 0 Å². The lowest BCUT2D eigenvalue weighted by Gasteiger charge is -2.16. The van der Waals surface area contributed by atoms with Gasteiger partial charge >= 0.3 is 0 Å². The summed E-state index contributed by atoms with van der Waals surface area (Å²) >= 11 is 0. The van der Waals surface area contributed by atoms with Gasteiger partial charge in [-0.1, -0.05) is 30.3 Å². The van der Waals surface area contributed by atoms with Crippen molar-refractivity contribution in [2.45, 2.75) is 25.7 Å². The van der Waals surface area contributed by atoms with E-state index in [1.807, 2.05) is 6.07 Å². The van der Waals surface area contributed by atoms with Gasteiger partial charge in [-0.15, -0.1) is 0 Å². The highest BCUT2D eigenvalue weighted by atomic mass is 16.2. The molecule has 6 heteroatoms. The predicted molar refractivity (Wildman–Crippen MR) is 96.5 cm³/mol. The number of nitrogens with zero attached hydrogens (tertiary/aromatic N) is 2. The molecular weight excluding hydrogens is 316 g/mol. The van der Waals surface area contributed by atoms with Crippen LogP contribution in [0.25, 0.3) is 0 Å². The van der Waals surface area contributed by atoms with Crippen molar-refractivity contribution >= 4 is 5.91 Å². The molecule has 0 saturated carbocycles. The molecule has 1 unspecified atom stereocenters. The van der Waals surface area contributed by atoms with Crippen LogP contribution in [0, 0.1) is 6.92 Å². The third-order valence-corrected chi connectivity index (χ3v) is 4.51. The first-order valence-electron chi connectivity index (χ1n) is 8.71. The number of nitrogens with one attached hydrogen (secondary N) is 2. The number of carbonyl (C=O) groups excluding carboxylic acids is 1. The first kappa shape index (κ1) is 17.4. The Kier molecular flexibility index (Phi) is 5.60. The molecule has 132 valence electrons. The molecule has 1 aromatic heterocycles. The van der Waals surface area contributed by atoms with Crippen LogP contribution in [0.3, 0.4) is 0 Å². The van der Waals surface area contributed by atoms with Crippen LogP contribution in [-0.4, -0.2) is 47.0 Å². The van der Waals surface area contributed by atoms with Gasteiger partial charge in [0, 0.05) is 31.3 Å². The smallest absolute Gasteiger partial charge is 0.251 e. The molecular formula is C19H24N4O2. The van der Waals surface area contributed by atoms with Crippen molar-refractivity contribution in [2.75, 3.05) is 26.2 Å². The quantitative estimate of drug-likeness (QED) is 0.829. The third-order valence-electron chi connectivity index (χ3n) is 4.51. The fraction of sp³-hybridized carbons (Fsp3) is 0.421. The van der Waals surface area contributed by atoms with Crippen LogP contribution in [0.1, 0.15) is 29.4 Å². The molecule has 1 aromatic carbocycles. The van der Waals surface area contributed by atoms with Gasteiger partial charge in [0.2, 0.25) is 5.91 Å². The number of rotatable bonds is 6. The van der Waals surface area contributed by atoms with E-state index in [1.54, 1.807) is 6.92 Å². The summed E-state index contributed by atoms with van der Waals surface area (Å²) in [5.74, 6) is 1.13. The molecule has 1 atom stereocenters. The molecule has 0 radical (unpaired) electrons. The van der Waals surface area contributed by atoms with E-state index in [0.29, 0.717) is 36.9 Å². The average Bonchev–Trinajstić information content (AvgIpc) is 3.03. The van der Waals surface area contributed by atoms with Crippen molar-refractivity contribution in [3.8, 4) is 0 Å². The standard InChI is InChI=1S/C19H24N4O2/c1-14-11-18(24)22-17(21-14)7-9-20-19(25)13-23-10-8-16(12-23)15-5-3-2-4-6-15/h2-6,11,16H,7-10,12-13H2,1H3,(H,20,25)(H,21,22,24). The highest BCUT2D eigenvalue weighted by molar-refractivity contribution is 5.78. The maximum absolute atomic E-state index is 12.1. The Hall–Kier alpha value is -2.47. The molecule has 0 bridgehead atoms. The summed E-state index contributed by atoms with van der Waals surface area (Å²) in [7, 11) is 0. The van der Waals surface area contributed by atoms with E-state index in [0.717, 1.165) is 19.5 Å². The minimum absolute atomic E-state index is 0.0173. The van der Waals surface area contributed by atoms with Gasteiger partial charge in [-0.25, -0.2) is 4.98 Å². The van der Waals surface area contributed by atoms with E-state index in [-0.39, 0.29) is 11.5 Å². The molecule has 1 fully saturated rings. The van der Waals surface area contributed by atoms with Gasteiger partial charge in [0.25, 0.3) is 5.56 Å². The second-order valence-corrected chi connectivity index (χ2v) is 6.56. The number of carbonyl (C=O) groups is 1. The number of aryl methyl sites for hydroxylation is 1. The first-order valence-corrected chi connectivity index (χ1v) is 8.71. The Morgan fingerprint density at radius 3 is 2.92 bits per heavy atom. The van der Waals surface area contributed by atoms with Crippen molar-refractivity contribution in [3.05, 3.63) is 63.8 Å². The Morgan fingerprint density at radius 2 is 2.16 bits per heavy atom. The van der Waals surface area contributed by atoms with Gasteiger partial charge < -0.3 is 10.3 Å². The van der Waals surface area contributed by atoms with Crippen LogP contribution < -0.4 is 10.9 Å². The number of hydrogen-bond acceptors (Lipinski definition) is 4. The molecule has 3 rings (SSSR count). The van der Waals surface area contributed by atoms with Gasteiger partial charge in [-0.2, -0.15) is 0 Å². The van der Waals surface area contributed by atoms with Crippen molar-refractivity contribution in [2.24, 2.45) is 0 Å². The van der Waals surface area contributed by atoms with Crippen LogP contribution in [-0.2, 0) is 11.2 Å². The Labute approximate surface area is 147 Å². The van der Waals surface area contributed by atoms with E-state index in [9.17, 15) is 9.59 Å². The molecule has 1 amide bonds. The van der Waals surface area contributed by atoms with Crippen molar-refractivity contribution in [1.82, 2.24) is 20.2 Å². The number of benzene rings is 1. The van der Waals surface area contributed by atoms with Gasteiger partial charge in [-0.05, 0) is 31.4 Å². The Balaban J connectivity index is 1.42. The molecule has 1 aliphatic rings. The van der Waals surface area contributed by atoms with Gasteiger partial charge in [0.1, 0.15) is 5.82 Å². The number of aromatic amines is 1. The van der Waals surface area contributed by atoms with Crippen molar-refractivity contribution < 1.29 is 4.79 Å². The number of H-pyrrole nitrogens is 1. The van der Waals surface area contributed by atoms with Crippen molar-refractivity contribution in [3.63, 3.8) is 0 Å². The van der Waals surface area contributed by atoms with Crippen LogP contribution in [0.5, 0.6) is 0 Å². The molecule has 2 aromatic rings. The van der Waals surface area contributed by atoms with E-state index in [2.05, 4.69) is 44.5 Å². The SMILES string of the molecule is Cc1cc(=O)[nH]c(CCNC(=O)CN2CCC(c3ccccc3)C2)n1. The Morgan fingerprint density at radius 1 is 1.36 bits per heavy atom. The first-order chi connectivity index (χ1) is 12.1. The van der Waals surface area contributed by atoms with Crippen LogP contribution in [0.4, 0.5) is 0 Å². The van der Waals surface area contributed by atoms with E-state index < -0.39 is 0 Å². The molecule has 6 nitrogen and oxygen atoms in total. The zero-order valence-corrected chi connectivity index (χ0v) is 14.5. The molecule has 1 saturated heterocycles. The second-order valence-electron chi connectivity index (χ2n) is 6.56.